The highest BCUT2D eigenvalue weighted by Gasteiger charge is 2.28. The Morgan fingerprint density at radius 1 is 0.679 bits per heavy atom. The fourth-order valence-corrected chi connectivity index (χ4v) is 5.00. The van der Waals surface area contributed by atoms with E-state index in [1.54, 1.807) is 0 Å². The predicted molar refractivity (Wildman–Crippen MR) is 128 cm³/mol. The van der Waals surface area contributed by atoms with E-state index in [1.165, 1.54) is 37.5 Å². The van der Waals surface area contributed by atoms with E-state index in [1.807, 2.05) is 11.3 Å². The number of fused-ring (bicyclic) bond motifs is 1. The molecule has 0 unspecified atom stereocenters. The van der Waals surface area contributed by atoms with Crippen molar-refractivity contribution in [3.63, 3.8) is 0 Å². The van der Waals surface area contributed by atoms with Gasteiger partial charge in [-0.2, -0.15) is 0 Å². The normalized spacial score (nSPS) is 13.2. The van der Waals surface area contributed by atoms with Crippen LogP contribution in [0.1, 0.15) is 79.0 Å². The number of thiophene rings is 1. The summed E-state index contributed by atoms with van der Waals surface area (Å²) in [6.45, 7) is 20.7. The van der Waals surface area contributed by atoms with Gasteiger partial charge in [0.05, 0.1) is 5.00 Å². The van der Waals surface area contributed by atoms with Crippen LogP contribution < -0.4 is 5.32 Å². The molecule has 2 heteroatoms. The molecule has 1 nitrogen and oxygen atoms in total. The first-order chi connectivity index (χ1) is 12.8. The summed E-state index contributed by atoms with van der Waals surface area (Å²) in [5.74, 6) is 0. The number of rotatable bonds is 2. The molecule has 0 atom stereocenters. The van der Waals surface area contributed by atoms with E-state index in [0.717, 1.165) is 0 Å². The maximum atomic E-state index is 3.78. The zero-order valence-corrected chi connectivity index (χ0v) is 19.8. The number of hydrogen-bond acceptors (Lipinski definition) is 2. The number of hydrogen-bond donors (Lipinski definition) is 1. The Morgan fingerprint density at radius 3 is 1.82 bits per heavy atom. The van der Waals surface area contributed by atoms with Crippen LogP contribution in [0.25, 0.3) is 10.1 Å². The summed E-state index contributed by atoms with van der Waals surface area (Å²) in [4.78, 5) is 0. The van der Waals surface area contributed by atoms with Crippen molar-refractivity contribution in [3.8, 4) is 0 Å². The van der Waals surface area contributed by atoms with Crippen molar-refractivity contribution in [2.75, 3.05) is 5.32 Å². The second-order valence-electron chi connectivity index (χ2n) is 10.9. The van der Waals surface area contributed by atoms with Gasteiger partial charge in [-0.15, -0.1) is 11.3 Å². The van der Waals surface area contributed by atoms with Crippen LogP contribution in [0.15, 0.2) is 42.5 Å². The van der Waals surface area contributed by atoms with Crippen molar-refractivity contribution in [1.82, 2.24) is 0 Å². The molecule has 0 radical (unpaired) electrons. The Hall–Kier alpha value is -1.80. The lowest BCUT2D eigenvalue weighted by molar-refractivity contribution is 0.532. The van der Waals surface area contributed by atoms with Gasteiger partial charge in [0, 0.05) is 10.4 Å². The second kappa shape index (κ2) is 6.91. The zero-order valence-electron chi connectivity index (χ0n) is 18.9. The SMILES string of the molecule is CC(C)(C)c1cccc(Nc2cc3c(C(C)(C)C)cccc3s2)c1C(C)(C)C. The Bertz CT molecular complexity index is 988. The van der Waals surface area contributed by atoms with Gasteiger partial charge >= 0.3 is 0 Å². The summed E-state index contributed by atoms with van der Waals surface area (Å²) >= 11 is 1.84. The Morgan fingerprint density at radius 2 is 1.25 bits per heavy atom. The predicted octanol–water partition coefficient (Wildman–Crippen LogP) is 8.54. The van der Waals surface area contributed by atoms with E-state index >= 15 is 0 Å². The lowest BCUT2D eigenvalue weighted by Gasteiger charge is -2.32. The van der Waals surface area contributed by atoms with Gasteiger partial charge in [-0.05, 0) is 56.5 Å². The fourth-order valence-electron chi connectivity index (χ4n) is 4.00. The molecule has 2 aromatic carbocycles. The van der Waals surface area contributed by atoms with Crippen molar-refractivity contribution in [1.29, 1.82) is 0 Å². The van der Waals surface area contributed by atoms with E-state index in [4.69, 9.17) is 0 Å². The standard InChI is InChI=1S/C26H35NS/c1-24(2,3)18-12-11-15-21-17(18)16-22(28-21)27-20-14-10-13-19(25(4,5)6)23(20)26(7,8)9/h10-16,27H,1-9H3. The van der Waals surface area contributed by atoms with Crippen LogP contribution in [0.4, 0.5) is 10.7 Å². The van der Waals surface area contributed by atoms with Crippen molar-refractivity contribution in [3.05, 3.63) is 59.2 Å². The minimum absolute atomic E-state index is 0.0689. The molecular weight excluding hydrogens is 358 g/mol. The number of benzene rings is 2. The zero-order chi connectivity index (χ0) is 20.9. The minimum Gasteiger partial charge on any atom is -0.347 e. The van der Waals surface area contributed by atoms with E-state index in [2.05, 4.69) is 110 Å². The van der Waals surface area contributed by atoms with Crippen LogP contribution in [0.2, 0.25) is 0 Å². The second-order valence-corrected chi connectivity index (χ2v) is 12.0. The van der Waals surface area contributed by atoms with Crippen molar-refractivity contribution >= 4 is 32.1 Å². The highest BCUT2D eigenvalue weighted by atomic mass is 32.1. The van der Waals surface area contributed by atoms with E-state index in [-0.39, 0.29) is 16.2 Å². The smallest absolute Gasteiger partial charge is 0.0939 e. The maximum absolute atomic E-state index is 3.78. The Labute approximate surface area is 175 Å². The third kappa shape index (κ3) is 4.12. The van der Waals surface area contributed by atoms with Gasteiger partial charge in [0.15, 0.2) is 0 Å². The van der Waals surface area contributed by atoms with E-state index < -0.39 is 0 Å². The molecule has 0 fully saturated rings. The molecule has 0 amide bonds. The summed E-state index contributed by atoms with van der Waals surface area (Å²) in [6, 6.07) is 15.7. The highest BCUT2D eigenvalue weighted by Crippen LogP contribution is 2.42. The van der Waals surface area contributed by atoms with Gasteiger partial charge in [-0.25, -0.2) is 0 Å². The monoisotopic (exact) mass is 393 g/mol. The van der Waals surface area contributed by atoms with Crippen LogP contribution in [0.3, 0.4) is 0 Å². The first kappa shape index (κ1) is 20.9. The third-order valence-electron chi connectivity index (χ3n) is 5.25. The number of anilines is 2. The molecule has 28 heavy (non-hydrogen) atoms. The van der Waals surface area contributed by atoms with Gasteiger partial charge in [-0.1, -0.05) is 86.6 Å². The highest BCUT2D eigenvalue weighted by molar-refractivity contribution is 7.22. The quantitative estimate of drug-likeness (QED) is 0.460. The number of nitrogens with one attached hydrogen (secondary N) is 1. The molecule has 1 heterocycles. The molecule has 1 N–H and O–H groups in total. The van der Waals surface area contributed by atoms with Crippen LogP contribution in [-0.4, -0.2) is 0 Å². The summed E-state index contributed by atoms with van der Waals surface area (Å²) in [5.41, 5.74) is 5.79. The maximum Gasteiger partial charge on any atom is 0.0939 e. The molecule has 0 spiro atoms. The molecule has 0 bridgehead atoms. The average molecular weight is 394 g/mol. The van der Waals surface area contributed by atoms with E-state index in [0.29, 0.717) is 0 Å². The third-order valence-corrected chi connectivity index (χ3v) is 6.27. The molecule has 0 saturated carbocycles. The molecule has 0 aliphatic carbocycles. The topological polar surface area (TPSA) is 12.0 Å². The minimum atomic E-state index is 0.0689. The molecule has 0 saturated heterocycles. The lowest BCUT2D eigenvalue weighted by Crippen LogP contribution is -2.23. The van der Waals surface area contributed by atoms with Gasteiger partial charge < -0.3 is 5.32 Å². The van der Waals surface area contributed by atoms with Crippen LogP contribution in [0, 0.1) is 0 Å². The van der Waals surface area contributed by atoms with Crippen LogP contribution in [0.5, 0.6) is 0 Å². The van der Waals surface area contributed by atoms with Gasteiger partial charge in [0.25, 0.3) is 0 Å². The summed E-state index contributed by atoms with van der Waals surface area (Å²) in [7, 11) is 0. The van der Waals surface area contributed by atoms with Crippen LogP contribution >= 0.6 is 11.3 Å². The molecule has 0 aliphatic rings. The Balaban J connectivity index is 2.13. The van der Waals surface area contributed by atoms with Gasteiger partial charge in [-0.3, -0.25) is 0 Å². The molecule has 150 valence electrons. The fraction of sp³-hybridized carbons (Fsp3) is 0.462. The van der Waals surface area contributed by atoms with Crippen molar-refractivity contribution in [2.24, 2.45) is 0 Å². The van der Waals surface area contributed by atoms with Gasteiger partial charge in [0.2, 0.25) is 0 Å². The Kier molecular flexibility index (Phi) is 5.17. The lowest BCUT2D eigenvalue weighted by atomic mass is 9.74. The summed E-state index contributed by atoms with van der Waals surface area (Å²) in [6.07, 6.45) is 0. The van der Waals surface area contributed by atoms with E-state index in [9.17, 15) is 0 Å². The first-order valence-corrected chi connectivity index (χ1v) is 11.0. The molecule has 1 aromatic heterocycles. The molecule has 0 aliphatic heterocycles. The van der Waals surface area contributed by atoms with Crippen molar-refractivity contribution in [2.45, 2.75) is 78.6 Å². The van der Waals surface area contributed by atoms with Gasteiger partial charge in [0.1, 0.15) is 0 Å². The first-order valence-electron chi connectivity index (χ1n) is 10.2. The van der Waals surface area contributed by atoms with Crippen LogP contribution in [-0.2, 0) is 16.2 Å². The summed E-state index contributed by atoms with van der Waals surface area (Å²) in [5, 5.41) is 6.36. The molecule has 3 aromatic rings. The molecule has 3 rings (SSSR count). The summed E-state index contributed by atoms with van der Waals surface area (Å²) < 4.78 is 1.35. The van der Waals surface area contributed by atoms with Crippen molar-refractivity contribution < 1.29 is 0 Å². The molecular formula is C26H35NS. The largest absolute Gasteiger partial charge is 0.347 e. The average Bonchev–Trinajstić information content (AvgIpc) is 2.93.